The minimum absolute atomic E-state index is 0.567. The van der Waals surface area contributed by atoms with Crippen molar-refractivity contribution in [2.24, 2.45) is 7.05 Å². The lowest BCUT2D eigenvalue weighted by molar-refractivity contribution is 0.626. The summed E-state index contributed by atoms with van der Waals surface area (Å²) in [5, 5.41) is 16.0. The first-order chi connectivity index (χ1) is 11.2. The number of hydrogen-bond acceptors (Lipinski definition) is 6. The summed E-state index contributed by atoms with van der Waals surface area (Å²) in [5.74, 6) is 1.76. The molecule has 0 aliphatic heterocycles. The second kappa shape index (κ2) is 5.01. The average Bonchev–Trinajstić information content (AvgIpc) is 3.46. The van der Waals surface area contributed by atoms with Crippen LogP contribution in [-0.4, -0.2) is 34.5 Å². The van der Waals surface area contributed by atoms with Crippen LogP contribution in [0.3, 0.4) is 0 Å². The highest BCUT2D eigenvalue weighted by atomic mass is 79.9. The van der Waals surface area contributed by atoms with Crippen molar-refractivity contribution in [2.45, 2.75) is 47.8 Å². The summed E-state index contributed by atoms with van der Waals surface area (Å²) >= 11 is 5.07. The number of nitrogens with zero attached hydrogens (tertiary/aromatic N) is 7. The quantitative estimate of drug-likeness (QED) is 0.636. The average molecular weight is 392 g/mol. The third-order valence-corrected chi connectivity index (χ3v) is 5.80. The van der Waals surface area contributed by atoms with Crippen LogP contribution in [0.2, 0.25) is 0 Å². The molecular formula is C14H14BrN7S. The van der Waals surface area contributed by atoms with E-state index in [-0.39, 0.29) is 0 Å². The normalized spacial score (nSPS) is 18.0. The highest BCUT2D eigenvalue weighted by Crippen LogP contribution is 2.47. The predicted octanol–water partition coefficient (Wildman–Crippen LogP) is 3.08. The zero-order valence-electron chi connectivity index (χ0n) is 12.5. The van der Waals surface area contributed by atoms with Crippen molar-refractivity contribution in [3.8, 4) is 0 Å². The van der Waals surface area contributed by atoms with Crippen LogP contribution in [0.1, 0.15) is 43.5 Å². The van der Waals surface area contributed by atoms with Crippen LogP contribution >= 0.6 is 27.7 Å². The van der Waals surface area contributed by atoms with Gasteiger partial charge >= 0.3 is 0 Å². The van der Waals surface area contributed by atoms with Gasteiger partial charge in [0.25, 0.3) is 0 Å². The van der Waals surface area contributed by atoms with Gasteiger partial charge in [-0.15, -0.1) is 10.2 Å². The molecule has 0 spiro atoms. The lowest BCUT2D eigenvalue weighted by Gasteiger charge is -2.08. The molecule has 0 radical (unpaired) electrons. The first-order valence-corrected chi connectivity index (χ1v) is 9.29. The number of aryl methyl sites for hydroxylation is 1. The van der Waals surface area contributed by atoms with Crippen molar-refractivity contribution in [3.63, 3.8) is 0 Å². The molecular weight excluding hydrogens is 378 g/mol. The molecule has 3 aromatic rings. The minimum atomic E-state index is 0.567. The monoisotopic (exact) mass is 391 g/mol. The summed E-state index contributed by atoms with van der Waals surface area (Å²) in [6.45, 7) is 0. The first-order valence-electron chi connectivity index (χ1n) is 7.68. The Morgan fingerprint density at radius 2 is 2.00 bits per heavy atom. The van der Waals surface area contributed by atoms with Gasteiger partial charge < -0.3 is 4.57 Å². The van der Waals surface area contributed by atoms with E-state index in [4.69, 9.17) is 0 Å². The van der Waals surface area contributed by atoms with Crippen molar-refractivity contribution in [3.05, 3.63) is 16.8 Å². The van der Waals surface area contributed by atoms with E-state index in [0.717, 1.165) is 31.6 Å². The first kappa shape index (κ1) is 13.9. The molecule has 0 saturated heterocycles. The van der Waals surface area contributed by atoms with Crippen LogP contribution in [0.15, 0.2) is 21.1 Å². The van der Waals surface area contributed by atoms with E-state index in [1.807, 2.05) is 7.05 Å². The molecule has 7 nitrogen and oxygen atoms in total. The summed E-state index contributed by atoms with van der Waals surface area (Å²) in [4.78, 5) is 8.77. The van der Waals surface area contributed by atoms with Crippen LogP contribution in [0.25, 0.3) is 11.0 Å². The number of fused-ring (bicyclic) bond motifs is 1. The van der Waals surface area contributed by atoms with Crippen molar-refractivity contribution in [2.75, 3.05) is 0 Å². The highest BCUT2D eigenvalue weighted by Gasteiger charge is 2.36. The second-order valence-corrected chi connectivity index (χ2v) is 7.82. The fourth-order valence-electron chi connectivity index (χ4n) is 2.83. The minimum Gasteiger partial charge on any atom is -0.302 e. The number of aromatic nitrogens is 7. The highest BCUT2D eigenvalue weighted by molar-refractivity contribution is 9.10. The van der Waals surface area contributed by atoms with Crippen LogP contribution in [-0.2, 0) is 7.05 Å². The van der Waals surface area contributed by atoms with Gasteiger partial charge in [-0.25, -0.2) is 14.6 Å². The Labute approximate surface area is 145 Å². The molecule has 2 aliphatic rings. The smallest absolute Gasteiger partial charge is 0.197 e. The molecule has 5 rings (SSSR count). The third kappa shape index (κ3) is 2.28. The van der Waals surface area contributed by atoms with Crippen molar-refractivity contribution < 1.29 is 0 Å². The number of rotatable bonds is 4. The summed E-state index contributed by atoms with van der Waals surface area (Å²) < 4.78 is 4.85. The van der Waals surface area contributed by atoms with E-state index in [9.17, 15) is 0 Å². The Kier molecular flexibility index (Phi) is 3.03. The molecule has 3 heterocycles. The zero-order valence-corrected chi connectivity index (χ0v) is 14.9. The maximum Gasteiger partial charge on any atom is 0.197 e. The molecule has 0 amide bonds. The van der Waals surface area contributed by atoms with Gasteiger partial charge in [0.1, 0.15) is 21.8 Å². The van der Waals surface area contributed by atoms with E-state index in [2.05, 4.69) is 45.8 Å². The van der Waals surface area contributed by atoms with Crippen LogP contribution in [0.5, 0.6) is 0 Å². The molecule has 0 aromatic carbocycles. The second-order valence-electron chi connectivity index (χ2n) is 6.11. The van der Waals surface area contributed by atoms with E-state index >= 15 is 0 Å². The van der Waals surface area contributed by atoms with Gasteiger partial charge in [0, 0.05) is 19.0 Å². The van der Waals surface area contributed by atoms with Gasteiger partial charge in [0.2, 0.25) is 0 Å². The molecule has 9 heteroatoms. The van der Waals surface area contributed by atoms with Crippen LogP contribution < -0.4 is 0 Å². The Balaban J connectivity index is 1.60. The van der Waals surface area contributed by atoms with Crippen molar-refractivity contribution in [1.82, 2.24) is 34.5 Å². The van der Waals surface area contributed by atoms with Crippen molar-refractivity contribution >= 4 is 38.7 Å². The van der Waals surface area contributed by atoms with Crippen LogP contribution in [0, 0.1) is 0 Å². The summed E-state index contributed by atoms with van der Waals surface area (Å²) in [6.07, 6.45) is 6.50. The van der Waals surface area contributed by atoms with E-state index in [1.165, 1.54) is 25.7 Å². The number of hydrogen-bond donors (Lipinski definition) is 0. The topological polar surface area (TPSA) is 74.3 Å². The fourth-order valence-corrected chi connectivity index (χ4v) is 4.55. The molecule has 118 valence electrons. The van der Waals surface area contributed by atoms with Gasteiger partial charge in [0.15, 0.2) is 10.8 Å². The molecule has 3 aromatic heterocycles. The maximum atomic E-state index is 4.46. The standard InChI is InChI=1S/C14H14BrN7S/c1-21-12-9(10(15)20-21)13(17-6-16-12)23-14-19-18-11(7-2-3-7)22(14)8-4-5-8/h6-8H,2-5H2,1H3. The van der Waals surface area contributed by atoms with Gasteiger partial charge in [-0.3, -0.25) is 0 Å². The zero-order chi connectivity index (χ0) is 15.6. The van der Waals surface area contributed by atoms with E-state index < -0.39 is 0 Å². The molecule has 2 fully saturated rings. The Morgan fingerprint density at radius 3 is 2.74 bits per heavy atom. The predicted molar refractivity (Wildman–Crippen MR) is 88.4 cm³/mol. The van der Waals surface area contributed by atoms with Gasteiger partial charge in [-0.05, 0) is 53.4 Å². The molecule has 0 bridgehead atoms. The number of halogens is 1. The Hall–Kier alpha value is -1.48. The van der Waals surface area contributed by atoms with Gasteiger partial charge in [-0.1, -0.05) is 0 Å². The van der Waals surface area contributed by atoms with Crippen LogP contribution in [0.4, 0.5) is 0 Å². The molecule has 23 heavy (non-hydrogen) atoms. The Morgan fingerprint density at radius 1 is 1.17 bits per heavy atom. The summed E-state index contributed by atoms with van der Waals surface area (Å²) in [7, 11) is 1.88. The van der Waals surface area contributed by atoms with E-state index in [1.54, 1.807) is 22.8 Å². The molecule has 0 unspecified atom stereocenters. The molecule has 2 aliphatic carbocycles. The molecule has 0 atom stereocenters. The largest absolute Gasteiger partial charge is 0.302 e. The SMILES string of the molecule is Cn1nc(Br)c2c(Sc3nnc(C4CC4)n3C3CC3)ncnc21. The molecule has 2 saturated carbocycles. The van der Waals surface area contributed by atoms with Gasteiger partial charge in [0.05, 0.1) is 5.39 Å². The summed E-state index contributed by atoms with van der Waals surface area (Å²) in [5.41, 5.74) is 0.814. The lowest BCUT2D eigenvalue weighted by Crippen LogP contribution is -2.02. The fraction of sp³-hybridized carbons (Fsp3) is 0.500. The van der Waals surface area contributed by atoms with Gasteiger partial charge in [-0.2, -0.15) is 5.10 Å². The maximum absolute atomic E-state index is 4.46. The summed E-state index contributed by atoms with van der Waals surface area (Å²) in [6, 6.07) is 0.567. The molecule has 0 N–H and O–H groups in total. The van der Waals surface area contributed by atoms with E-state index in [0.29, 0.717) is 12.0 Å². The lowest BCUT2D eigenvalue weighted by atomic mass is 10.4. The third-order valence-electron chi connectivity index (χ3n) is 4.28. The van der Waals surface area contributed by atoms with Crippen molar-refractivity contribution in [1.29, 1.82) is 0 Å². The Bertz CT molecular complexity index is 909.